The van der Waals surface area contributed by atoms with E-state index in [9.17, 15) is 4.79 Å². The van der Waals surface area contributed by atoms with E-state index in [1.807, 2.05) is 18.2 Å². The van der Waals surface area contributed by atoms with Crippen LogP contribution in [0.1, 0.15) is 28.5 Å². The number of aromatic nitrogens is 2. The second-order valence-electron chi connectivity index (χ2n) is 4.18. The van der Waals surface area contributed by atoms with Gasteiger partial charge in [0.2, 0.25) is 0 Å². The molecule has 21 heavy (non-hydrogen) atoms. The van der Waals surface area contributed by atoms with Crippen molar-refractivity contribution in [3.63, 3.8) is 0 Å². The molecule has 1 N–H and O–H groups in total. The van der Waals surface area contributed by atoms with E-state index in [-0.39, 0.29) is 11.6 Å². The van der Waals surface area contributed by atoms with Crippen LogP contribution in [-0.2, 0) is 5.75 Å². The van der Waals surface area contributed by atoms with Gasteiger partial charge in [-0.05, 0) is 35.6 Å². The van der Waals surface area contributed by atoms with Gasteiger partial charge in [-0.3, -0.25) is 4.79 Å². The number of thioether (sulfide) groups is 1. The van der Waals surface area contributed by atoms with E-state index in [1.165, 1.54) is 12.3 Å². The fourth-order valence-corrected chi connectivity index (χ4v) is 2.25. The predicted molar refractivity (Wildman–Crippen MR) is 83.0 cm³/mol. The van der Waals surface area contributed by atoms with Crippen LogP contribution in [0.25, 0.3) is 0 Å². The first kappa shape index (κ1) is 15.0. The highest BCUT2D eigenvalue weighted by Crippen LogP contribution is 2.14. The normalized spacial score (nSPS) is 9.90. The molecule has 2 rings (SSSR count). The Morgan fingerprint density at radius 3 is 2.90 bits per heavy atom. The number of carbonyl (C=O) groups excluding carboxylic acids is 1. The van der Waals surface area contributed by atoms with Crippen molar-refractivity contribution in [3.05, 3.63) is 53.5 Å². The van der Waals surface area contributed by atoms with Gasteiger partial charge >= 0.3 is 0 Å². The number of rotatable bonds is 5. The lowest BCUT2D eigenvalue weighted by Crippen LogP contribution is -2.14. The molecule has 0 saturated carbocycles. The first-order valence-electron chi connectivity index (χ1n) is 6.43. The van der Waals surface area contributed by atoms with Crippen LogP contribution in [0.5, 0.6) is 0 Å². The summed E-state index contributed by atoms with van der Waals surface area (Å²) in [7, 11) is 0. The number of amides is 1. The van der Waals surface area contributed by atoms with E-state index < -0.39 is 0 Å². The van der Waals surface area contributed by atoms with Crippen LogP contribution < -0.4 is 5.32 Å². The average molecular weight is 298 g/mol. The number of anilines is 1. The summed E-state index contributed by atoms with van der Waals surface area (Å²) in [5.74, 6) is 2.09. The molecule has 5 nitrogen and oxygen atoms in total. The van der Waals surface area contributed by atoms with Crippen molar-refractivity contribution in [3.8, 4) is 6.07 Å². The summed E-state index contributed by atoms with van der Waals surface area (Å²) >= 11 is 1.81. The Kier molecular flexibility index (Phi) is 5.29. The molecule has 106 valence electrons. The molecule has 2 heterocycles. The van der Waals surface area contributed by atoms with Crippen molar-refractivity contribution in [1.82, 2.24) is 9.97 Å². The molecule has 1 amide bonds. The topological polar surface area (TPSA) is 78.7 Å². The summed E-state index contributed by atoms with van der Waals surface area (Å²) in [4.78, 5) is 20.1. The van der Waals surface area contributed by atoms with Gasteiger partial charge in [0.1, 0.15) is 17.6 Å². The Morgan fingerprint density at radius 1 is 1.38 bits per heavy atom. The van der Waals surface area contributed by atoms with Crippen molar-refractivity contribution < 1.29 is 4.79 Å². The van der Waals surface area contributed by atoms with Gasteiger partial charge in [-0.15, -0.1) is 0 Å². The molecule has 0 aromatic carbocycles. The fraction of sp³-hybridized carbons (Fsp3) is 0.200. The Hall–Kier alpha value is -2.39. The van der Waals surface area contributed by atoms with E-state index in [0.29, 0.717) is 11.4 Å². The smallest absolute Gasteiger partial charge is 0.275 e. The molecule has 0 aliphatic carbocycles. The molecule has 2 aromatic heterocycles. The number of carbonyl (C=O) groups is 1. The maximum Gasteiger partial charge on any atom is 0.275 e. The van der Waals surface area contributed by atoms with Gasteiger partial charge in [-0.1, -0.05) is 6.92 Å². The van der Waals surface area contributed by atoms with Gasteiger partial charge in [0.25, 0.3) is 5.91 Å². The maximum absolute atomic E-state index is 12.0. The standard InChI is InChI=1S/C15H14N4OS/c1-2-21-10-11-5-6-17-14(7-11)19-15(20)13-4-3-12(8-16)9-18-13/h3-7,9H,2,10H2,1H3,(H,17,19,20). The summed E-state index contributed by atoms with van der Waals surface area (Å²) in [5, 5.41) is 11.4. The van der Waals surface area contributed by atoms with Crippen LogP contribution >= 0.6 is 11.8 Å². The molecule has 0 atom stereocenters. The summed E-state index contributed by atoms with van der Waals surface area (Å²) in [6.07, 6.45) is 3.05. The molecule has 0 fully saturated rings. The van der Waals surface area contributed by atoms with Crippen LogP contribution in [0.4, 0.5) is 5.82 Å². The number of nitriles is 1. The predicted octanol–water partition coefficient (Wildman–Crippen LogP) is 2.85. The number of nitrogens with zero attached hydrogens (tertiary/aromatic N) is 3. The van der Waals surface area contributed by atoms with Gasteiger partial charge in [-0.2, -0.15) is 17.0 Å². The van der Waals surface area contributed by atoms with Crippen LogP contribution in [0.3, 0.4) is 0 Å². The second kappa shape index (κ2) is 7.41. The highest BCUT2D eigenvalue weighted by Gasteiger charge is 2.08. The molecule has 0 aliphatic rings. The van der Waals surface area contributed by atoms with Crippen LogP contribution in [0, 0.1) is 11.3 Å². The molecule has 0 radical (unpaired) electrons. The first-order valence-corrected chi connectivity index (χ1v) is 7.58. The molecular formula is C15H14N4OS. The average Bonchev–Trinajstić information content (AvgIpc) is 2.53. The van der Waals surface area contributed by atoms with Crippen molar-refractivity contribution in [2.45, 2.75) is 12.7 Å². The molecule has 0 unspecified atom stereocenters. The number of hydrogen-bond acceptors (Lipinski definition) is 5. The fourth-order valence-electron chi connectivity index (χ4n) is 1.63. The number of pyridine rings is 2. The monoisotopic (exact) mass is 298 g/mol. The van der Waals surface area contributed by atoms with Crippen molar-refractivity contribution in [2.24, 2.45) is 0 Å². The van der Waals surface area contributed by atoms with E-state index >= 15 is 0 Å². The van der Waals surface area contributed by atoms with Crippen LogP contribution in [0.2, 0.25) is 0 Å². The summed E-state index contributed by atoms with van der Waals surface area (Å²) in [6.45, 7) is 2.10. The zero-order valence-corrected chi connectivity index (χ0v) is 12.4. The molecule has 0 aliphatic heterocycles. The zero-order valence-electron chi connectivity index (χ0n) is 11.5. The molecular weight excluding hydrogens is 284 g/mol. The minimum atomic E-state index is -0.340. The first-order chi connectivity index (χ1) is 10.2. The quantitative estimate of drug-likeness (QED) is 0.918. The Labute approximate surface area is 127 Å². The summed E-state index contributed by atoms with van der Waals surface area (Å²) in [6, 6.07) is 8.82. The second-order valence-corrected chi connectivity index (χ2v) is 5.46. The SMILES string of the molecule is CCSCc1ccnc(NC(=O)c2ccc(C#N)cn2)c1. The zero-order chi connectivity index (χ0) is 15.1. The minimum Gasteiger partial charge on any atom is -0.305 e. The lowest BCUT2D eigenvalue weighted by atomic mass is 10.2. The number of hydrogen-bond donors (Lipinski definition) is 1. The molecule has 0 bridgehead atoms. The van der Waals surface area contributed by atoms with E-state index in [0.717, 1.165) is 17.1 Å². The lowest BCUT2D eigenvalue weighted by molar-refractivity contribution is 0.102. The Bertz CT molecular complexity index is 664. The van der Waals surface area contributed by atoms with Gasteiger partial charge < -0.3 is 5.32 Å². The third-order valence-electron chi connectivity index (χ3n) is 2.66. The highest BCUT2D eigenvalue weighted by molar-refractivity contribution is 7.98. The largest absolute Gasteiger partial charge is 0.305 e. The molecule has 0 spiro atoms. The van der Waals surface area contributed by atoms with E-state index in [1.54, 1.807) is 24.0 Å². The highest BCUT2D eigenvalue weighted by atomic mass is 32.2. The molecule has 2 aromatic rings. The van der Waals surface area contributed by atoms with Crippen molar-refractivity contribution in [1.29, 1.82) is 5.26 Å². The van der Waals surface area contributed by atoms with Crippen molar-refractivity contribution >= 4 is 23.5 Å². The van der Waals surface area contributed by atoms with Gasteiger partial charge in [0, 0.05) is 18.1 Å². The lowest BCUT2D eigenvalue weighted by Gasteiger charge is -2.06. The van der Waals surface area contributed by atoms with Gasteiger partial charge in [0.15, 0.2) is 0 Å². The molecule has 6 heteroatoms. The minimum absolute atomic E-state index is 0.254. The summed E-state index contributed by atoms with van der Waals surface area (Å²) < 4.78 is 0. The van der Waals surface area contributed by atoms with Gasteiger partial charge in [0.05, 0.1) is 5.56 Å². The number of nitrogens with one attached hydrogen (secondary N) is 1. The Morgan fingerprint density at radius 2 is 2.24 bits per heavy atom. The van der Waals surface area contributed by atoms with Crippen LogP contribution in [0.15, 0.2) is 36.7 Å². The van der Waals surface area contributed by atoms with Crippen LogP contribution in [-0.4, -0.2) is 21.6 Å². The Balaban J connectivity index is 2.06. The van der Waals surface area contributed by atoms with Gasteiger partial charge in [-0.25, -0.2) is 9.97 Å². The van der Waals surface area contributed by atoms with E-state index in [2.05, 4.69) is 22.2 Å². The molecule has 0 saturated heterocycles. The third kappa shape index (κ3) is 4.29. The van der Waals surface area contributed by atoms with Crippen molar-refractivity contribution in [2.75, 3.05) is 11.1 Å². The van der Waals surface area contributed by atoms with E-state index in [4.69, 9.17) is 5.26 Å². The third-order valence-corrected chi connectivity index (χ3v) is 3.61. The maximum atomic E-state index is 12.0. The summed E-state index contributed by atoms with van der Waals surface area (Å²) in [5.41, 5.74) is 1.78.